The Morgan fingerprint density at radius 1 is 1.57 bits per heavy atom. The maximum atomic E-state index is 5.36. The largest absolute Gasteiger partial charge is 0.247 e. The Morgan fingerprint density at radius 3 is 2.00 bits per heavy atom. The lowest BCUT2D eigenvalue weighted by Gasteiger charge is -1.83. The molecule has 0 saturated heterocycles. The van der Waals surface area contributed by atoms with Crippen LogP contribution < -0.4 is 0 Å². The summed E-state index contributed by atoms with van der Waals surface area (Å²) in [5.74, 6) is 0. The average Bonchev–Trinajstić information content (AvgIpc) is 1.27. The van der Waals surface area contributed by atoms with Crippen LogP contribution in [-0.4, -0.2) is 5.17 Å². The summed E-state index contributed by atoms with van der Waals surface area (Å²) in [5.41, 5.74) is 0.743. The smallest absolute Gasteiger partial charge is 0.103 e. The fraction of sp³-hybridized carbons (Fsp3) is 0.400. The molecule has 0 heterocycles. The highest BCUT2D eigenvalue weighted by molar-refractivity contribution is 6.64. The molecule has 0 unspecified atom stereocenters. The van der Waals surface area contributed by atoms with E-state index >= 15 is 0 Å². The van der Waals surface area contributed by atoms with E-state index in [9.17, 15) is 0 Å². The summed E-state index contributed by atoms with van der Waals surface area (Å²) in [4.78, 5) is 3.77. The molecule has 0 saturated carbocycles. The van der Waals surface area contributed by atoms with E-state index in [0.29, 0.717) is 5.17 Å². The first-order valence-corrected chi connectivity index (χ1v) is 2.37. The lowest BCUT2D eigenvalue weighted by atomic mass is 10.6. The van der Waals surface area contributed by atoms with Crippen molar-refractivity contribution < 1.29 is 0 Å². The highest BCUT2D eigenvalue weighted by Crippen LogP contribution is 1.91. The second-order valence-electron chi connectivity index (χ2n) is 1.34. The van der Waals surface area contributed by atoms with Gasteiger partial charge in [0.05, 0.1) is 0 Å². The number of hydrogen-bond acceptors (Lipinski definition) is 1. The van der Waals surface area contributed by atoms with Crippen LogP contribution in [0.1, 0.15) is 13.8 Å². The monoisotopic (exact) mass is 117 g/mol. The molecule has 0 bridgehead atoms. The number of rotatable bonds is 1. The Kier molecular flexibility index (Phi) is 2.68. The molecule has 0 radical (unpaired) electrons. The topological polar surface area (TPSA) is 12.4 Å². The van der Waals surface area contributed by atoms with E-state index in [-0.39, 0.29) is 0 Å². The zero-order valence-corrected chi connectivity index (χ0v) is 5.29. The summed E-state index contributed by atoms with van der Waals surface area (Å²) < 4.78 is 0. The second-order valence-corrected chi connectivity index (χ2v) is 1.89. The lowest BCUT2D eigenvalue weighted by molar-refractivity contribution is 1.33. The van der Waals surface area contributed by atoms with Gasteiger partial charge in [0.25, 0.3) is 0 Å². The Morgan fingerprint density at radius 2 is 2.00 bits per heavy atom. The van der Waals surface area contributed by atoms with Gasteiger partial charge in [-0.15, -0.1) is 0 Å². The Labute approximate surface area is 48.7 Å². The molecule has 0 N–H and O–H groups in total. The Hall–Kier alpha value is -0.300. The van der Waals surface area contributed by atoms with Crippen LogP contribution in [0.2, 0.25) is 0 Å². The Bertz CT molecular complexity index is 101. The van der Waals surface area contributed by atoms with Gasteiger partial charge >= 0.3 is 0 Å². The van der Waals surface area contributed by atoms with Gasteiger partial charge in [0, 0.05) is 5.70 Å². The van der Waals surface area contributed by atoms with Gasteiger partial charge in [-0.3, -0.25) is 0 Å². The first-order valence-electron chi connectivity index (χ1n) is 1.99. The quantitative estimate of drug-likeness (QED) is 0.467. The van der Waals surface area contributed by atoms with E-state index in [1.165, 1.54) is 0 Å². The zero-order valence-electron chi connectivity index (χ0n) is 4.53. The minimum atomic E-state index is 0.535. The summed E-state index contributed by atoms with van der Waals surface area (Å²) >= 11 is 5.36. The Balaban J connectivity index is 3.68. The van der Waals surface area contributed by atoms with Gasteiger partial charge in [-0.1, -0.05) is 18.2 Å². The van der Waals surface area contributed by atoms with Crippen LogP contribution >= 0.6 is 11.6 Å². The lowest BCUT2D eigenvalue weighted by Crippen LogP contribution is -1.73. The van der Waals surface area contributed by atoms with Crippen LogP contribution in [0.4, 0.5) is 0 Å². The molecule has 0 aliphatic heterocycles. The number of halogens is 1. The molecule has 2 heteroatoms. The summed E-state index contributed by atoms with van der Waals surface area (Å²) in [5, 5.41) is 0.535. The minimum Gasteiger partial charge on any atom is -0.247 e. The van der Waals surface area contributed by atoms with Crippen molar-refractivity contribution in [1.29, 1.82) is 0 Å². The van der Waals surface area contributed by atoms with Crippen molar-refractivity contribution in [3.05, 3.63) is 12.3 Å². The predicted molar refractivity (Wildman–Crippen MR) is 33.8 cm³/mol. The van der Waals surface area contributed by atoms with E-state index in [1.54, 1.807) is 13.8 Å². The van der Waals surface area contributed by atoms with Crippen molar-refractivity contribution >= 4 is 16.8 Å². The van der Waals surface area contributed by atoms with E-state index in [0.717, 1.165) is 5.70 Å². The minimum absolute atomic E-state index is 0.535. The molecule has 0 aliphatic rings. The third-order valence-electron chi connectivity index (χ3n) is 0.345. The standard InChI is InChI=1S/C5H8ClN/c1-4(2)7-5(3)6/h1H2,2-3H3/b7-5+. The van der Waals surface area contributed by atoms with Gasteiger partial charge < -0.3 is 0 Å². The van der Waals surface area contributed by atoms with Gasteiger partial charge in [-0.25, -0.2) is 4.99 Å². The van der Waals surface area contributed by atoms with E-state index in [4.69, 9.17) is 11.6 Å². The highest BCUT2D eigenvalue weighted by Gasteiger charge is 1.77. The van der Waals surface area contributed by atoms with Gasteiger partial charge in [-0.05, 0) is 13.8 Å². The third-order valence-corrected chi connectivity index (χ3v) is 0.429. The molecular formula is C5H8ClN. The van der Waals surface area contributed by atoms with Crippen LogP contribution in [-0.2, 0) is 0 Å². The van der Waals surface area contributed by atoms with Gasteiger partial charge in [0.2, 0.25) is 0 Å². The van der Waals surface area contributed by atoms with Gasteiger partial charge in [0.1, 0.15) is 5.17 Å². The van der Waals surface area contributed by atoms with E-state index < -0.39 is 0 Å². The molecule has 0 aromatic heterocycles. The first-order chi connectivity index (χ1) is 3.13. The second kappa shape index (κ2) is 2.80. The highest BCUT2D eigenvalue weighted by atomic mass is 35.5. The molecule has 0 aromatic carbocycles. The molecule has 0 aromatic rings. The molecule has 1 nitrogen and oxygen atoms in total. The fourth-order valence-electron chi connectivity index (χ4n) is 0.263. The molecule has 0 aliphatic carbocycles. The maximum Gasteiger partial charge on any atom is 0.103 e. The molecule has 0 amide bonds. The molecule has 0 rings (SSSR count). The molecule has 0 atom stereocenters. The average molecular weight is 118 g/mol. The summed E-state index contributed by atoms with van der Waals surface area (Å²) in [6.45, 7) is 7.04. The van der Waals surface area contributed by atoms with Crippen molar-refractivity contribution in [3.63, 3.8) is 0 Å². The van der Waals surface area contributed by atoms with Crippen molar-refractivity contribution in [2.75, 3.05) is 0 Å². The zero-order chi connectivity index (χ0) is 5.86. The molecule has 7 heavy (non-hydrogen) atoms. The van der Waals surface area contributed by atoms with Crippen molar-refractivity contribution in [2.45, 2.75) is 13.8 Å². The summed E-state index contributed by atoms with van der Waals surface area (Å²) in [6.07, 6.45) is 0. The van der Waals surface area contributed by atoms with Crippen LogP contribution in [0.3, 0.4) is 0 Å². The maximum absolute atomic E-state index is 5.36. The van der Waals surface area contributed by atoms with Crippen molar-refractivity contribution in [2.24, 2.45) is 4.99 Å². The number of aliphatic imine (C=N–C) groups is 1. The van der Waals surface area contributed by atoms with Gasteiger partial charge in [0.15, 0.2) is 0 Å². The van der Waals surface area contributed by atoms with Crippen LogP contribution in [0.15, 0.2) is 17.3 Å². The number of hydrogen-bond donors (Lipinski definition) is 0. The molecule has 0 spiro atoms. The normalized spacial score (nSPS) is 11.6. The number of nitrogens with zero attached hydrogens (tertiary/aromatic N) is 1. The summed E-state index contributed by atoms with van der Waals surface area (Å²) in [6, 6.07) is 0. The SMILES string of the molecule is C=C(C)/N=C(\C)Cl. The number of allylic oxidation sites excluding steroid dienone is 1. The molecule has 40 valence electrons. The fourth-order valence-corrected chi connectivity index (χ4v) is 0.407. The van der Waals surface area contributed by atoms with Crippen LogP contribution in [0.25, 0.3) is 0 Å². The van der Waals surface area contributed by atoms with Crippen LogP contribution in [0.5, 0.6) is 0 Å². The predicted octanol–water partition coefficient (Wildman–Crippen LogP) is 2.18. The van der Waals surface area contributed by atoms with E-state index in [1.807, 2.05) is 0 Å². The van der Waals surface area contributed by atoms with E-state index in [2.05, 4.69) is 11.6 Å². The third kappa shape index (κ3) is 5.70. The van der Waals surface area contributed by atoms with Gasteiger partial charge in [-0.2, -0.15) is 0 Å². The molecule has 0 fully saturated rings. The van der Waals surface area contributed by atoms with Crippen LogP contribution in [0, 0.1) is 0 Å². The van der Waals surface area contributed by atoms with Crippen molar-refractivity contribution in [3.8, 4) is 0 Å². The summed E-state index contributed by atoms with van der Waals surface area (Å²) in [7, 11) is 0. The first kappa shape index (κ1) is 6.70. The van der Waals surface area contributed by atoms with Crippen molar-refractivity contribution in [1.82, 2.24) is 0 Å². The molecular weight excluding hydrogens is 110 g/mol.